The zero-order valence-corrected chi connectivity index (χ0v) is 11.9. The molecule has 0 atom stereocenters. The molecule has 0 radical (unpaired) electrons. The highest BCUT2D eigenvalue weighted by Crippen LogP contribution is 2.18. The van der Waals surface area contributed by atoms with Gasteiger partial charge in [0, 0.05) is 7.05 Å². The number of aryl methyl sites for hydroxylation is 3. The number of fused-ring (bicyclic) bond motifs is 1. The van der Waals surface area contributed by atoms with Crippen LogP contribution in [0, 0.1) is 13.8 Å². The summed E-state index contributed by atoms with van der Waals surface area (Å²) in [4.78, 5) is 13.5. The zero-order valence-electron chi connectivity index (χ0n) is 11.9. The van der Waals surface area contributed by atoms with E-state index in [1.807, 2.05) is 39.1 Å². The number of imidazole rings is 1. The maximum atomic E-state index is 5.97. The number of aromatic nitrogens is 4. The number of hydrogen-bond donors (Lipinski definition) is 1. The average molecular weight is 267 g/mol. The fourth-order valence-electron chi connectivity index (χ4n) is 2.30. The van der Waals surface area contributed by atoms with E-state index >= 15 is 0 Å². The number of nitrogens with two attached hydrogens (primary N) is 1. The van der Waals surface area contributed by atoms with Crippen molar-refractivity contribution in [1.29, 1.82) is 0 Å². The van der Waals surface area contributed by atoms with Crippen LogP contribution in [0.5, 0.6) is 0 Å². The van der Waals surface area contributed by atoms with Gasteiger partial charge in [-0.1, -0.05) is 12.1 Å². The molecule has 0 saturated carbocycles. The highest BCUT2D eigenvalue weighted by atomic mass is 15.1. The normalized spacial score (nSPS) is 11.2. The van der Waals surface area contributed by atoms with Gasteiger partial charge >= 0.3 is 0 Å². The highest BCUT2D eigenvalue weighted by Gasteiger charge is 2.12. The van der Waals surface area contributed by atoms with Crippen molar-refractivity contribution >= 4 is 16.9 Å². The third-order valence-electron chi connectivity index (χ3n) is 3.62. The van der Waals surface area contributed by atoms with Crippen molar-refractivity contribution in [1.82, 2.24) is 19.5 Å². The Morgan fingerprint density at radius 2 is 1.75 bits per heavy atom. The first kappa shape index (κ1) is 12.6. The van der Waals surface area contributed by atoms with Crippen molar-refractivity contribution in [2.75, 3.05) is 5.73 Å². The van der Waals surface area contributed by atoms with Crippen LogP contribution in [-0.4, -0.2) is 19.5 Å². The van der Waals surface area contributed by atoms with E-state index in [9.17, 15) is 0 Å². The second-order valence-corrected chi connectivity index (χ2v) is 4.98. The minimum absolute atomic E-state index is 0.486. The van der Waals surface area contributed by atoms with E-state index in [4.69, 9.17) is 5.73 Å². The molecular formula is C15H17N5. The first-order chi connectivity index (χ1) is 9.56. The summed E-state index contributed by atoms with van der Waals surface area (Å²) in [5, 5.41) is 0. The van der Waals surface area contributed by atoms with Crippen LogP contribution >= 0.6 is 0 Å². The third-order valence-corrected chi connectivity index (χ3v) is 3.62. The Morgan fingerprint density at radius 1 is 1.05 bits per heavy atom. The van der Waals surface area contributed by atoms with Crippen molar-refractivity contribution < 1.29 is 0 Å². The molecule has 0 saturated heterocycles. The molecule has 2 heterocycles. The van der Waals surface area contributed by atoms with Crippen LogP contribution in [0.4, 0.5) is 5.82 Å². The number of anilines is 1. The summed E-state index contributed by atoms with van der Waals surface area (Å²) in [6, 6.07) is 8.07. The topological polar surface area (TPSA) is 69.6 Å². The molecule has 0 spiro atoms. The Balaban J connectivity index is 2.05. The van der Waals surface area contributed by atoms with Gasteiger partial charge < -0.3 is 10.3 Å². The molecular weight excluding hydrogens is 250 g/mol. The number of rotatable bonds is 2. The summed E-state index contributed by atoms with van der Waals surface area (Å²) in [6.07, 6.45) is 0.588. The minimum Gasteiger partial charge on any atom is -0.382 e. The lowest BCUT2D eigenvalue weighted by Crippen LogP contribution is -2.08. The first-order valence-corrected chi connectivity index (χ1v) is 6.56. The molecule has 102 valence electrons. The van der Waals surface area contributed by atoms with Crippen LogP contribution in [-0.2, 0) is 13.5 Å². The van der Waals surface area contributed by atoms with Gasteiger partial charge in [-0.3, -0.25) is 4.98 Å². The average Bonchev–Trinajstić information content (AvgIpc) is 2.73. The molecule has 0 bridgehead atoms. The number of nitrogens with zero attached hydrogens (tertiary/aromatic N) is 4. The van der Waals surface area contributed by atoms with Crippen LogP contribution in [0.1, 0.15) is 22.9 Å². The smallest absolute Gasteiger partial charge is 0.145 e. The Kier molecular flexibility index (Phi) is 2.89. The molecule has 2 aromatic heterocycles. The Morgan fingerprint density at radius 3 is 2.50 bits per heavy atom. The fraction of sp³-hybridized carbons (Fsp3) is 0.267. The van der Waals surface area contributed by atoms with Gasteiger partial charge in [-0.15, -0.1) is 0 Å². The van der Waals surface area contributed by atoms with Gasteiger partial charge in [-0.05, 0) is 26.0 Å². The summed E-state index contributed by atoms with van der Waals surface area (Å²) in [5.74, 6) is 1.43. The van der Waals surface area contributed by atoms with Gasteiger partial charge in [0.1, 0.15) is 11.6 Å². The van der Waals surface area contributed by atoms with Crippen LogP contribution in [0.3, 0.4) is 0 Å². The van der Waals surface area contributed by atoms with E-state index in [1.54, 1.807) is 0 Å². The molecule has 0 aliphatic carbocycles. The van der Waals surface area contributed by atoms with Gasteiger partial charge in [0.05, 0.1) is 34.5 Å². The second-order valence-electron chi connectivity index (χ2n) is 4.98. The summed E-state index contributed by atoms with van der Waals surface area (Å²) in [5.41, 5.74) is 10.6. The largest absolute Gasteiger partial charge is 0.382 e. The van der Waals surface area contributed by atoms with Crippen LogP contribution < -0.4 is 5.73 Å². The molecule has 3 rings (SSSR count). The maximum Gasteiger partial charge on any atom is 0.145 e. The molecule has 20 heavy (non-hydrogen) atoms. The van der Waals surface area contributed by atoms with E-state index in [0.717, 1.165) is 33.9 Å². The van der Waals surface area contributed by atoms with Gasteiger partial charge in [0.2, 0.25) is 0 Å². The number of benzene rings is 1. The zero-order chi connectivity index (χ0) is 14.3. The molecule has 0 aliphatic heterocycles. The van der Waals surface area contributed by atoms with E-state index < -0.39 is 0 Å². The van der Waals surface area contributed by atoms with Gasteiger partial charge in [0.25, 0.3) is 0 Å². The van der Waals surface area contributed by atoms with E-state index in [1.165, 1.54) is 0 Å². The molecule has 5 nitrogen and oxygen atoms in total. The number of nitrogen functional groups attached to an aromatic ring is 1. The van der Waals surface area contributed by atoms with Crippen LogP contribution in [0.15, 0.2) is 24.3 Å². The molecule has 1 aromatic carbocycles. The summed E-state index contributed by atoms with van der Waals surface area (Å²) in [7, 11) is 2.01. The summed E-state index contributed by atoms with van der Waals surface area (Å²) >= 11 is 0. The predicted octanol–water partition coefficient (Wildman–Crippen LogP) is 2.15. The lowest BCUT2D eigenvalue weighted by Gasteiger charge is -2.07. The quantitative estimate of drug-likeness (QED) is 0.772. The SMILES string of the molecule is Cc1nc(N)c(Cc2nc3ccccc3n2C)nc1C. The summed E-state index contributed by atoms with van der Waals surface area (Å²) in [6.45, 7) is 3.86. The number of para-hydroxylation sites is 2. The molecule has 5 heteroatoms. The number of hydrogen-bond acceptors (Lipinski definition) is 4. The van der Waals surface area contributed by atoms with Crippen molar-refractivity contribution in [2.45, 2.75) is 20.3 Å². The second kappa shape index (κ2) is 4.59. The Bertz CT molecular complexity index is 788. The fourth-order valence-corrected chi connectivity index (χ4v) is 2.30. The van der Waals surface area contributed by atoms with Crippen molar-refractivity contribution in [2.24, 2.45) is 7.05 Å². The Hall–Kier alpha value is -2.43. The first-order valence-electron chi connectivity index (χ1n) is 6.56. The molecule has 0 fully saturated rings. The Labute approximate surface area is 117 Å². The monoisotopic (exact) mass is 267 g/mol. The van der Waals surface area contributed by atoms with Crippen molar-refractivity contribution in [3.63, 3.8) is 0 Å². The predicted molar refractivity (Wildman–Crippen MR) is 79.4 cm³/mol. The lowest BCUT2D eigenvalue weighted by molar-refractivity contribution is 0.824. The third kappa shape index (κ3) is 2.01. The minimum atomic E-state index is 0.486. The van der Waals surface area contributed by atoms with E-state index in [0.29, 0.717) is 12.2 Å². The molecule has 3 aromatic rings. The van der Waals surface area contributed by atoms with E-state index in [-0.39, 0.29) is 0 Å². The van der Waals surface area contributed by atoms with E-state index in [2.05, 4.69) is 25.6 Å². The molecule has 0 amide bonds. The molecule has 0 unspecified atom stereocenters. The molecule has 0 aliphatic rings. The van der Waals surface area contributed by atoms with Gasteiger partial charge in [-0.25, -0.2) is 9.97 Å². The highest BCUT2D eigenvalue weighted by molar-refractivity contribution is 5.75. The van der Waals surface area contributed by atoms with Crippen molar-refractivity contribution in [3.8, 4) is 0 Å². The maximum absolute atomic E-state index is 5.97. The van der Waals surface area contributed by atoms with Crippen LogP contribution in [0.25, 0.3) is 11.0 Å². The van der Waals surface area contributed by atoms with Gasteiger partial charge in [-0.2, -0.15) is 0 Å². The summed E-state index contributed by atoms with van der Waals surface area (Å²) < 4.78 is 2.08. The molecule has 2 N–H and O–H groups in total. The van der Waals surface area contributed by atoms with Crippen molar-refractivity contribution in [3.05, 3.63) is 47.2 Å². The van der Waals surface area contributed by atoms with Crippen LogP contribution in [0.2, 0.25) is 0 Å². The lowest BCUT2D eigenvalue weighted by atomic mass is 10.2. The van der Waals surface area contributed by atoms with Gasteiger partial charge in [0.15, 0.2) is 0 Å². The standard InChI is InChI=1S/C15H17N5/c1-9-10(2)18-15(16)12(17-9)8-14-19-11-6-4-5-7-13(11)20(14)3/h4-7H,8H2,1-3H3,(H2,16,18).